The SMILES string of the molecule is CC(=O)Oc1ccc(COP(=O)(OCc2ccc(OC(C)=O)cc2)O[C@@H]2[C@@H](OCc3ccccc3)[C@H](OCc3ccccc3)[C@@H](OCc3ccccc3)[C@H](OCc3ccccc3)[C@@H]2OP(=O)(OCc2ccc(OC(C)=O)cc2)OCc2ccc(OC(C)=O)cc2)cc1. The van der Waals surface area contributed by atoms with Crippen LogP contribution in [0.5, 0.6) is 23.0 Å². The second kappa shape index (κ2) is 33.9. The maximum atomic E-state index is 16.3. The molecule has 480 valence electrons. The predicted octanol–water partition coefficient (Wildman–Crippen LogP) is 13.9. The molecule has 1 aliphatic rings. The molecule has 1 fully saturated rings. The molecule has 92 heavy (non-hydrogen) atoms. The first-order chi connectivity index (χ1) is 44.5. The highest BCUT2D eigenvalue weighted by molar-refractivity contribution is 7.48. The Kier molecular flexibility index (Phi) is 25.0. The maximum Gasteiger partial charge on any atom is 0.475 e. The van der Waals surface area contributed by atoms with Gasteiger partial charge in [0.25, 0.3) is 0 Å². The number of benzene rings is 8. The van der Waals surface area contributed by atoms with E-state index in [9.17, 15) is 19.2 Å². The van der Waals surface area contributed by atoms with Crippen molar-refractivity contribution in [2.75, 3.05) is 0 Å². The first-order valence-corrected chi connectivity index (χ1v) is 32.3. The van der Waals surface area contributed by atoms with Gasteiger partial charge in [0.1, 0.15) is 59.6 Å². The van der Waals surface area contributed by atoms with Crippen LogP contribution < -0.4 is 18.9 Å². The van der Waals surface area contributed by atoms with Gasteiger partial charge < -0.3 is 37.9 Å². The van der Waals surface area contributed by atoms with Crippen LogP contribution in [0.15, 0.2) is 218 Å². The lowest BCUT2D eigenvalue weighted by molar-refractivity contribution is -0.269. The monoisotopic (exact) mass is 1290 g/mol. The summed E-state index contributed by atoms with van der Waals surface area (Å²) in [6.45, 7) is 3.13. The van der Waals surface area contributed by atoms with Crippen molar-refractivity contribution in [3.8, 4) is 23.0 Å². The Morgan fingerprint density at radius 3 is 0.641 bits per heavy atom. The van der Waals surface area contributed by atoms with E-state index in [2.05, 4.69) is 0 Å². The second-order valence-corrected chi connectivity index (χ2v) is 24.4. The van der Waals surface area contributed by atoms with Crippen LogP contribution in [-0.4, -0.2) is 60.5 Å². The lowest BCUT2D eigenvalue weighted by Crippen LogP contribution is -2.67. The van der Waals surface area contributed by atoms with E-state index in [1.54, 1.807) is 48.5 Å². The first-order valence-electron chi connectivity index (χ1n) is 29.4. The largest absolute Gasteiger partial charge is 0.475 e. The van der Waals surface area contributed by atoms with Crippen molar-refractivity contribution in [2.45, 2.75) is 117 Å². The lowest BCUT2D eigenvalue weighted by Gasteiger charge is -2.50. The van der Waals surface area contributed by atoms with E-state index >= 15 is 9.13 Å². The zero-order valence-electron chi connectivity index (χ0n) is 51.0. The molecule has 1 saturated carbocycles. The van der Waals surface area contributed by atoms with Gasteiger partial charge in [0.15, 0.2) is 0 Å². The molecule has 0 saturated heterocycles. The van der Waals surface area contributed by atoms with Crippen LogP contribution in [0, 0.1) is 0 Å². The molecule has 0 bridgehead atoms. The third-order valence-electron chi connectivity index (χ3n) is 13.9. The summed E-state index contributed by atoms with van der Waals surface area (Å²) in [4.78, 5) is 47.6. The predicted molar refractivity (Wildman–Crippen MR) is 335 cm³/mol. The molecule has 9 rings (SSSR count). The van der Waals surface area contributed by atoms with Crippen molar-refractivity contribution in [3.63, 3.8) is 0 Å². The van der Waals surface area contributed by atoms with Crippen molar-refractivity contribution in [2.24, 2.45) is 0 Å². The molecule has 8 aromatic carbocycles. The number of hydrogen-bond donors (Lipinski definition) is 0. The fraction of sp³-hybridized carbons (Fsp3) is 0.257. The van der Waals surface area contributed by atoms with Crippen LogP contribution in [-0.2, 0) is 127 Å². The minimum Gasteiger partial charge on any atom is -0.427 e. The van der Waals surface area contributed by atoms with Gasteiger partial charge in [-0.2, -0.15) is 0 Å². The van der Waals surface area contributed by atoms with Crippen molar-refractivity contribution in [1.29, 1.82) is 0 Å². The van der Waals surface area contributed by atoms with E-state index < -0.39 is 103 Å². The van der Waals surface area contributed by atoms with Crippen molar-refractivity contribution >= 4 is 39.5 Å². The van der Waals surface area contributed by atoms with Crippen LogP contribution >= 0.6 is 15.6 Å². The third-order valence-corrected chi connectivity index (χ3v) is 16.7. The zero-order chi connectivity index (χ0) is 64.7. The van der Waals surface area contributed by atoms with E-state index in [1.807, 2.05) is 121 Å². The van der Waals surface area contributed by atoms with Gasteiger partial charge >= 0.3 is 39.5 Å². The standard InChI is InChI=1S/C70H70O20P2/c1-49(71)85-61-33-25-57(26-34-61)45-81-91(75,82-46-58-27-35-62(36-28-58)86-50(2)72)89-69-67(79-43-55-21-13-7-14-22-55)65(77-41-53-17-9-5-10-18-53)66(78-42-54-19-11-6-12-20-54)68(80-44-56-23-15-8-16-24-56)70(69)90-92(76,83-47-59-29-37-63(38-30-59)87-51(3)73)84-48-60-31-39-64(40-32-60)88-52(4)74/h5-40,65-70H,41-48H2,1-4H3/t65-,66-,67+,68+,69-,70+/m1/s1. The molecular weight excluding hydrogens is 1220 g/mol. The number of phosphoric ester groups is 2. The van der Waals surface area contributed by atoms with E-state index in [0.717, 1.165) is 11.1 Å². The highest BCUT2D eigenvalue weighted by Crippen LogP contribution is 2.59. The van der Waals surface area contributed by atoms with Gasteiger partial charge in [-0.05, 0) is 93.0 Å². The summed E-state index contributed by atoms with van der Waals surface area (Å²) in [5.74, 6) is -1.17. The molecule has 1 aliphatic carbocycles. The zero-order valence-corrected chi connectivity index (χ0v) is 52.8. The molecule has 0 heterocycles. The van der Waals surface area contributed by atoms with Gasteiger partial charge in [0, 0.05) is 27.7 Å². The van der Waals surface area contributed by atoms with Gasteiger partial charge in [-0.15, -0.1) is 0 Å². The summed E-state index contributed by atoms with van der Waals surface area (Å²) in [7, 11) is -10.2. The molecule has 20 nitrogen and oxygen atoms in total. The topological polar surface area (TPSA) is 232 Å². The Balaban J connectivity index is 1.22. The average Bonchev–Trinajstić information content (AvgIpc) is 0.778. The Morgan fingerprint density at radius 2 is 0.446 bits per heavy atom. The summed E-state index contributed by atoms with van der Waals surface area (Å²) < 4.78 is 122. The summed E-state index contributed by atoms with van der Waals surface area (Å²) in [5, 5.41) is 0. The van der Waals surface area contributed by atoms with Crippen LogP contribution in [0.1, 0.15) is 72.2 Å². The first kappa shape index (κ1) is 68.1. The fourth-order valence-electron chi connectivity index (χ4n) is 9.57. The molecule has 0 amide bonds. The summed E-state index contributed by atoms with van der Waals surface area (Å²) in [6, 6.07) is 62.3. The number of esters is 4. The smallest absolute Gasteiger partial charge is 0.427 e. The maximum absolute atomic E-state index is 16.3. The summed E-state index contributed by atoms with van der Waals surface area (Å²) >= 11 is 0. The van der Waals surface area contributed by atoms with Gasteiger partial charge in [-0.1, -0.05) is 170 Å². The molecule has 0 unspecified atom stereocenters. The number of rotatable bonds is 32. The molecule has 22 heteroatoms. The Hall–Kier alpha value is -8.30. The van der Waals surface area contributed by atoms with Crippen molar-refractivity contribution in [1.82, 2.24) is 0 Å². The highest BCUT2D eigenvalue weighted by atomic mass is 31.2. The van der Waals surface area contributed by atoms with Gasteiger partial charge in [-0.3, -0.25) is 46.3 Å². The third kappa shape index (κ3) is 21.4. The van der Waals surface area contributed by atoms with Gasteiger partial charge in [-0.25, -0.2) is 9.13 Å². The van der Waals surface area contributed by atoms with E-state index in [0.29, 0.717) is 33.4 Å². The van der Waals surface area contributed by atoms with Gasteiger partial charge in [0.2, 0.25) is 0 Å². The Morgan fingerprint density at radius 1 is 0.261 bits per heavy atom. The average molecular weight is 1290 g/mol. The Labute approximate surface area is 533 Å². The summed E-state index contributed by atoms with van der Waals surface area (Å²) in [6.07, 6.45) is -8.90. The quantitative estimate of drug-likeness (QED) is 0.0217. The highest BCUT2D eigenvalue weighted by Gasteiger charge is 2.59. The molecule has 6 atom stereocenters. The van der Waals surface area contributed by atoms with E-state index in [4.69, 9.17) is 65.0 Å². The Bertz CT molecular complexity index is 3330. The van der Waals surface area contributed by atoms with E-state index in [1.165, 1.54) is 76.2 Å². The number of carbonyl (C=O) groups excluding carboxylic acids is 4. The number of carbonyl (C=O) groups is 4. The van der Waals surface area contributed by atoms with Crippen molar-refractivity contribution in [3.05, 3.63) is 263 Å². The van der Waals surface area contributed by atoms with Crippen LogP contribution in [0.3, 0.4) is 0 Å². The van der Waals surface area contributed by atoms with Gasteiger partial charge in [0.05, 0.1) is 52.9 Å². The lowest BCUT2D eigenvalue weighted by atomic mass is 9.84. The van der Waals surface area contributed by atoms with Crippen LogP contribution in [0.25, 0.3) is 0 Å². The number of ether oxygens (including phenoxy) is 8. The summed E-state index contributed by atoms with van der Waals surface area (Å²) in [5.41, 5.74) is 4.72. The molecule has 0 aliphatic heterocycles. The minimum atomic E-state index is -5.10. The second-order valence-electron chi connectivity index (χ2n) is 21.1. The molecule has 0 radical (unpaired) electrons. The van der Waals surface area contributed by atoms with Crippen LogP contribution in [0.2, 0.25) is 0 Å². The van der Waals surface area contributed by atoms with E-state index in [-0.39, 0.29) is 49.4 Å². The van der Waals surface area contributed by atoms with Crippen molar-refractivity contribution < 1.29 is 93.3 Å². The fourth-order valence-corrected chi connectivity index (χ4v) is 12.3. The minimum absolute atomic E-state index is 0.0277. The molecule has 0 aromatic heterocycles. The van der Waals surface area contributed by atoms with Crippen LogP contribution in [0.4, 0.5) is 0 Å². The molecule has 0 spiro atoms. The molecule has 0 N–H and O–H groups in total. The number of phosphoric acid groups is 2. The number of hydrogen-bond acceptors (Lipinski definition) is 20. The molecular formula is C70H70O20P2. The molecule has 8 aromatic rings. The normalized spacial score (nSPS) is 17.3.